The van der Waals surface area contributed by atoms with Crippen molar-refractivity contribution in [1.29, 1.82) is 0 Å². The van der Waals surface area contributed by atoms with Crippen molar-refractivity contribution in [3.8, 4) is 11.4 Å². The third-order valence-electron chi connectivity index (χ3n) is 3.93. The van der Waals surface area contributed by atoms with Crippen LogP contribution in [0.15, 0.2) is 22.7 Å². The van der Waals surface area contributed by atoms with E-state index in [1.807, 2.05) is 29.9 Å². The highest BCUT2D eigenvalue weighted by atomic mass is 79.9. The van der Waals surface area contributed by atoms with Gasteiger partial charge in [0.25, 0.3) is 0 Å². The summed E-state index contributed by atoms with van der Waals surface area (Å²) < 4.78 is 2.83. The van der Waals surface area contributed by atoms with Gasteiger partial charge >= 0.3 is 0 Å². The third-order valence-corrected chi connectivity index (χ3v) is 4.39. The number of nitrogens with two attached hydrogens (primary N) is 1. The van der Waals surface area contributed by atoms with Crippen LogP contribution in [0.5, 0.6) is 0 Å². The van der Waals surface area contributed by atoms with E-state index in [4.69, 9.17) is 10.7 Å². The van der Waals surface area contributed by atoms with Crippen LogP contribution in [0, 0.1) is 0 Å². The minimum atomic E-state index is 0.521. The standard InChI is InChI=1S/C15H19BrN4/c1-20-15(11-7-12(16)9-13(17)8-11)18-14(19-20)10-5-3-2-4-6-10/h7-10H,2-6,17H2,1H3. The summed E-state index contributed by atoms with van der Waals surface area (Å²) in [5, 5.41) is 4.62. The van der Waals surface area contributed by atoms with Crippen LogP contribution in [0.4, 0.5) is 5.69 Å². The molecule has 3 rings (SSSR count). The summed E-state index contributed by atoms with van der Waals surface area (Å²) in [7, 11) is 1.95. The molecular formula is C15H19BrN4. The van der Waals surface area contributed by atoms with Gasteiger partial charge in [0, 0.05) is 28.7 Å². The van der Waals surface area contributed by atoms with Crippen molar-refractivity contribution in [2.45, 2.75) is 38.0 Å². The number of aryl methyl sites for hydroxylation is 1. The first-order chi connectivity index (χ1) is 9.63. The molecule has 4 nitrogen and oxygen atoms in total. The van der Waals surface area contributed by atoms with Gasteiger partial charge in [0.05, 0.1) is 0 Å². The lowest BCUT2D eigenvalue weighted by atomic mass is 9.89. The number of hydrogen-bond acceptors (Lipinski definition) is 3. The molecule has 0 spiro atoms. The van der Waals surface area contributed by atoms with Gasteiger partial charge in [-0.05, 0) is 31.0 Å². The fraction of sp³-hybridized carbons (Fsp3) is 0.467. The predicted molar refractivity (Wildman–Crippen MR) is 84.4 cm³/mol. The van der Waals surface area contributed by atoms with Crippen molar-refractivity contribution in [3.05, 3.63) is 28.5 Å². The zero-order valence-electron chi connectivity index (χ0n) is 11.6. The van der Waals surface area contributed by atoms with E-state index in [9.17, 15) is 0 Å². The number of rotatable bonds is 2. The van der Waals surface area contributed by atoms with Gasteiger partial charge in [-0.3, -0.25) is 0 Å². The Labute approximate surface area is 127 Å². The molecule has 1 aliphatic carbocycles. The molecule has 0 atom stereocenters. The molecule has 1 aliphatic rings. The maximum absolute atomic E-state index is 5.91. The summed E-state index contributed by atoms with van der Waals surface area (Å²) >= 11 is 3.48. The zero-order valence-corrected chi connectivity index (χ0v) is 13.2. The topological polar surface area (TPSA) is 56.7 Å². The molecule has 2 N–H and O–H groups in total. The van der Waals surface area contributed by atoms with Crippen LogP contribution in [0.25, 0.3) is 11.4 Å². The molecule has 0 bridgehead atoms. The number of benzene rings is 1. The molecule has 1 heterocycles. The molecule has 1 saturated carbocycles. The molecule has 0 aliphatic heterocycles. The lowest BCUT2D eigenvalue weighted by Gasteiger charge is -2.18. The average molecular weight is 335 g/mol. The molecule has 20 heavy (non-hydrogen) atoms. The quantitative estimate of drug-likeness (QED) is 0.848. The van der Waals surface area contributed by atoms with Gasteiger partial charge in [-0.25, -0.2) is 9.67 Å². The molecule has 0 unspecified atom stereocenters. The Hall–Kier alpha value is -1.36. The number of anilines is 1. The molecule has 0 amide bonds. The molecule has 5 heteroatoms. The van der Waals surface area contributed by atoms with Gasteiger partial charge in [0.1, 0.15) is 0 Å². The molecule has 0 radical (unpaired) electrons. The Balaban J connectivity index is 1.95. The summed E-state index contributed by atoms with van der Waals surface area (Å²) in [5.74, 6) is 2.40. The summed E-state index contributed by atoms with van der Waals surface area (Å²) in [6.45, 7) is 0. The molecule has 2 aromatic rings. The van der Waals surface area contributed by atoms with Crippen LogP contribution in [-0.4, -0.2) is 14.8 Å². The number of nitrogens with zero attached hydrogens (tertiary/aromatic N) is 3. The van der Waals surface area contributed by atoms with Crippen molar-refractivity contribution in [1.82, 2.24) is 14.8 Å². The Morgan fingerprint density at radius 1 is 1.20 bits per heavy atom. The molecule has 1 aromatic carbocycles. The first kappa shape index (κ1) is 13.6. The van der Waals surface area contributed by atoms with Gasteiger partial charge in [-0.15, -0.1) is 0 Å². The maximum atomic E-state index is 5.91. The van der Waals surface area contributed by atoms with Crippen molar-refractivity contribution in [2.24, 2.45) is 7.05 Å². The van der Waals surface area contributed by atoms with Crippen LogP contribution in [0.3, 0.4) is 0 Å². The smallest absolute Gasteiger partial charge is 0.158 e. The second kappa shape index (κ2) is 5.56. The monoisotopic (exact) mass is 334 g/mol. The van der Waals surface area contributed by atoms with Crippen molar-refractivity contribution in [2.75, 3.05) is 5.73 Å². The van der Waals surface area contributed by atoms with Crippen LogP contribution >= 0.6 is 15.9 Å². The predicted octanol–water partition coefficient (Wildman–Crippen LogP) is 3.87. The fourth-order valence-corrected chi connectivity index (χ4v) is 3.44. The first-order valence-corrected chi connectivity index (χ1v) is 7.90. The van der Waals surface area contributed by atoms with Gasteiger partial charge < -0.3 is 5.73 Å². The normalized spacial score (nSPS) is 16.5. The minimum absolute atomic E-state index is 0.521. The van der Waals surface area contributed by atoms with E-state index in [1.165, 1.54) is 32.1 Å². The second-order valence-electron chi connectivity index (χ2n) is 5.53. The average Bonchev–Trinajstić information content (AvgIpc) is 2.81. The first-order valence-electron chi connectivity index (χ1n) is 7.11. The zero-order chi connectivity index (χ0) is 14.1. The molecule has 1 fully saturated rings. The summed E-state index contributed by atoms with van der Waals surface area (Å²) in [5.41, 5.74) is 7.65. The number of nitrogen functional groups attached to an aromatic ring is 1. The van der Waals surface area contributed by atoms with Crippen LogP contribution in [0.2, 0.25) is 0 Å². The van der Waals surface area contributed by atoms with Gasteiger partial charge in [0.15, 0.2) is 11.6 Å². The SMILES string of the molecule is Cn1nc(C2CCCCC2)nc1-c1cc(N)cc(Br)c1. The Bertz CT molecular complexity index is 594. The van der Waals surface area contributed by atoms with Crippen molar-refractivity contribution in [3.63, 3.8) is 0 Å². The van der Waals surface area contributed by atoms with E-state index in [1.54, 1.807) is 0 Å². The summed E-state index contributed by atoms with van der Waals surface area (Å²) in [6, 6.07) is 5.87. The van der Waals surface area contributed by atoms with Crippen LogP contribution < -0.4 is 5.73 Å². The third kappa shape index (κ3) is 2.73. The molecule has 106 valence electrons. The van der Waals surface area contributed by atoms with Crippen LogP contribution in [0.1, 0.15) is 43.8 Å². The highest BCUT2D eigenvalue weighted by Gasteiger charge is 2.21. The fourth-order valence-electron chi connectivity index (χ4n) is 2.93. The van der Waals surface area contributed by atoms with Crippen molar-refractivity contribution >= 4 is 21.6 Å². The largest absolute Gasteiger partial charge is 0.399 e. The van der Waals surface area contributed by atoms with E-state index in [-0.39, 0.29) is 0 Å². The highest BCUT2D eigenvalue weighted by Crippen LogP contribution is 2.32. The summed E-state index contributed by atoms with van der Waals surface area (Å²) in [4.78, 5) is 4.76. The van der Waals surface area contributed by atoms with Crippen LogP contribution in [-0.2, 0) is 7.05 Å². The van der Waals surface area contributed by atoms with Gasteiger partial charge in [0.2, 0.25) is 0 Å². The Kier molecular flexibility index (Phi) is 3.78. The van der Waals surface area contributed by atoms with Gasteiger partial charge in [-0.1, -0.05) is 35.2 Å². The number of aromatic nitrogens is 3. The van der Waals surface area contributed by atoms with E-state index < -0.39 is 0 Å². The van der Waals surface area contributed by atoms with E-state index in [0.29, 0.717) is 5.92 Å². The lowest BCUT2D eigenvalue weighted by Crippen LogP contribution is -2.06. The van der Waals surface area contributed by atoms with E-state index >= 15 is 0 Å². The Morgan fingerprint density at radius 2 is 1.95 bits per heavy atom. The van der Waals surface area contributed by atoms with Gasteiger partial charge in [-0.2, -0.15) is 5.10 Å². The van der Waals surface area contributed by atoms with Crippen molar-refractivity contribution < 1.29 is 0 Å². The second-order valence-corrected chi connectivity index (χ2v) is 6.44. The maximum Gasteiger partial charge on any atom is 0.158 e. The Morgan fingerprint density at radius 3 is 2.65 bits per heavy atom. The highest BCUT2D eigenvalue weighted by molar-refractivity contribution is 9.10. The number of halogens is 1. The number of hydrogen-bond donors (Lipinski definition) is 1. The molecule has 1 aromatic heterocycles. The molecular weight excluding hydrogens is 316 g/mol. The molecule has 0 saturated heterocycles. The minimum Gasteiger partial charge on any atom is -0.399 e. The lowest BCUT2D eigenvalue weighted by molar-refractivity contribution is 0.427. The van der Waals surface area contributed by atoms with E-state index in [0.717, 1.165) is 27.4 Å². The summed E-state index contributed by atoms with van der Waals surface area (Å²) in [6.07, 6.45) is 6.36. The van der Waals surface area contributed by atoms with E-state index in [2.05, 4.69) is 21.0 Å².